The highest BCUT2D eigenvalue weighted by molar-refractivity contribution is 5.18. The number of nitro groups is 1. The lowest BCUT2D eigenvalue weighted by atomic mass is 10.1. The minimum Gasteiger partial charge on any atom is -0.396 e. The zero-order valence-electron chi connectivity index (χ0n) is 11.6. The zero-order chi connectivity index (χ0) is 14.5. The molecule has 1 N–H and O–H groups in total. The van der Waals surface area contributed by atoms with Crippen molar-refractivity contribution in [3.63, 3.8) is 0 Å². The molecule has 1 atom stereocenters. The minimum absolute atomic E-state index is 0.00781. The lowest BCUT2D eigenvalue weighted by molar-refractivity contribution is -0.392. The van der Waals surface area contributed by atoms with Crippen molar-refractivity contribution in [2.75, 3.05) is 39.5 Å². The topological polar surface area (TPSA) is 93.7 Å². The molecule has 0 bridgehead atoms. The lowest BCUT2D eigenvalue weighted by Gasteiger charge is -2.29. The first-order valence-corrected chi connectivity index (χ1v) is 6.69. The molecule has 112 valence electrons. The van der Waals surface area contributed by atoms with Gasteiger partial charge in [0.15, 0.2) is 5.82 Å². The van der Waals surface area contributed by atoms with E-state index in [0.29, 0.717) is 32.1 Å². The molecule has 2 rings (SSSR count). The Morgan fingerprint density at radius 2 is 2.20 bits per heavy atom. The normalized spacial score (nSPS) is 18.1. The van der Waals surface area contributed by atoms with Crippen LogP contribution in [0.1, 0.15) is 5.82 Å². The number of aryl methyl sites for hydroxylation is 1. The molecule has 1 saturated heterocycles. The largest absolute Gasteiger partial charge is 0.396 e. The molecule has 2 heterocycles. The molecular weight excluding hydrogens is 264 g/mol. The van der Waals surface area contributed by atoms with Crippen molar-refractivity contribution >= 4 is 5.82 Å². The Labute approximate surface area is 117 Å². The molecule has 1 aliphatic rings. The Balaban J connectivity index is 2.02. The second-order valence-corrected chi connectivity index (χ2v) is 4.99. The van der Waals surface area contributed by atoms with Crippen LogP contribution in [0, 0.1) is 23.0 Å². The molecule has 1 unspecified atom stereocenters. The van der Waals surface area contributed by atoms with Crippen LogP contribution < -0.4 is 0 Å². The highest BCUT2D eigenvalue weighted by atomic mass is 16.6. The zero-order valence-corrected chi connectivity index (χ0v) is 11.6. The van der Waals surface area contributed by atoms with E-state index in [-0.39, 0.29) is 18.3 Å². The van der Waals surface area contributed by atoms with Crippen LogP contribution in [0.15, 0.2) is 6.20 Å². The van der Waals surface area contributed by atoms with Gasteiger partial charge in [-0.3, -0.25) is 4.90 Å². The van der Waals surface area contributed by atoms with Crippen molar-refractivity contribution in [2.45, 2.75) is 13.5 Å². The van der Waals surface area contributed by atoms with E-state index in [2.05, 4.69) is 9.88 Å². The van der Waals surface area contributed by atoms with Gasteiger partial charge in [0.05, 0.1) is 26.4 Å². The second kappa shape index (κ2) is 6.78. The summed E-state index contributed by atoms with van der Waals surface area (Å²) in [7, 11) is 0. The quantitative estimate of drug-likeness (QED) is 0.585. The molecular formula is C12H20N4O4. The molecule has 1 aromatic rings. The van der Waals surface area contributed by atoms with Crippen molar-refractivity contribution in [3.05, 3.63) is 22.1 Å². The fourth-order valence-electron chi connectivity index (χ4n) is 2.41. The van der Waals surface area contributed by atoms with Crippen LogP contribution in [-0.2, 0) is 11.3 Å². The van der Waals surface area contributed by atoms with Gasteiger partial charge >= 0.3 is 5.82 Å². The number of hydrogen-bond acceptors (Lipinski definition) is 6. The molecule has 0 aliphatic carbocycles. The maximum atomic E-state index is 11.0. The minimum atomic E-state index is -0.441. The molecule has 0 saturated carbocycles. The summed E-state index contributed by atoms with van der Waals surface area (Å²) in [5.41, 5.74) is 0. The first kappa shape index (κ1) is 14.9. The number of morpholine rings is 1. The molecule has 8 heteroatoms. The standard InChI is InChI=1S/C12H20N4O4/c1-10-13-6-12(16(18)19)15(10)8-11(9-17)7-14-2-4-20-5-3-14/h6,11,17H,2-5,7-9H2,1H3. The molecule has 0 amide bonds. The average molecular weight is 284 g/mol. The molecule has 1 fully saturated rings. The van der Waals surface area contributed by atoms with Gasteiger partial charge in [0.2, 0.25) is 0 Å². The van der Waals surface area contributed by atoms with Crippen LogP contribution in [-0.4, -0.2) is 63.9 Å². The molecule has 0 radical (unpaired) electrons. The first-order valence-electron chi connectivity index (χ1n) is 6.69. The Kier molecular flexibility index (Phi) is 5.05. The Bertz CT molecular complexity index is 456. The molecule has 1 aromatic heterocycles. The third kappa shape index (κ3) is 3.53. The van der Waals surface area contributed by atoms with Crippen LogP contribution in [0.2, 0.25) is 0 Å². The smallest absolute Gasteiger partial charge is 0.342 e. The van der Waals surface area contributed by atoms with Crippen LogP contribution in [0.25, 0.3) is 0 Å². The van der Waals surface area contributed by atoms with Gasteiger partial charge in [-0.25, -0.2) is 9.55 Å². The monoisotopic (exact) mass is 284 g/mol. The van der Waals surface area contributed by atoms with E-state index in [9.17, 15) is 15.2 Å². The van der Waals surface area contributed by atoms with Crippen molar-refractivity contribution < 1.29 is 14.8 Å². The molecule has 8 nitrogen and oxygen atoms in total. The van der Waals surface area contributed by atoms with Crippen molar-refractivity contribution in [1.29, 1.82) is 0 Å². The molecule has 1 aliphatic heterocycles. The second-order valence-electron chi connectivity index (χ2n) is 4.99. The summed E-state index contributed by atoms with van der Waals surface area (Å²) in [6, 6.07) is 0. The fraction of sp³-hybridized carbons (Fsp3) is 0.750. The number of aliphatic hydroxyl groups excluding tert-OH is 1. The number of aromatic nitrogens is 2. The SMILES string of the molecule is Cc1ncc([N+](=O)[O-])n1CC(CO)CN1CCOCC1. The Morgan fingerprint density at radius 1 is 1.50 bits per heavy atom. The van der Waals surface area contributed by atoms with Gasteiger partial charge in [-0.15, -0.1) is 0 Å². The Hall–Kier alpha value is -1.51. The van der Waals surface area contributed by atoms with Crippen molar-refractivity contribution in [1.82, 2.24) is 14.5 Å². The van der Waals surface area contributed by atoms with Crippen molar-refractivity contribution in [2.24, 2.45) is 5.92 Å². The van der Waals surface area contributed by atoms with Crippen LogP contribution in [0.4, 0.5) is 5.82 Å². The highest BCUT2D eigenvalue weighted by Crippen LogP contribution is 2.17. The van der Waals surface area contributed by atoms with E-state index in [0.717, 1.165) is 13.1 Å². The first-order chi connectivity index (χ1) is 9.61. The van der Waals surface area contributed by atoms with E-state index in [1.165, 1.54) is 6.20 Å². The number of hydrogen-bond donors (Lipinski definition) is 1. The van der Waals surface area contributed by atoms with E-state index < -0.39 is 4.92 Å². The summed E-state index contributed by atoms with van der Waals surface area (Å²) in [5, 5.41) is 20.5. The van der Waals surface area contributed by atoms with Gasteiger partial charge in [-0.2, -0.15) is 0 Å². The summed E-state index contributed by atoms with van der Waals surface area (Å²) < 4.78 is 6.84. The van der Waals surface area contributed by atoms with Crippen LogP contribution in [0.3, 0.4) is 0 Å². The summed E-state index contributed by atoms with van der Waals surface area (Å²) in [4.78, 5) is 16.7. The van der Waals surface area contributed by atoms with Crippen molar-refractivity contribution in [3.8, 4) is 0 Å². The maximum Gasteiger partial charge on any atom is 0.342 e. The number of nitrogens with zero attached hydrogens (tertiary/aromatic N) is 4. The number of aliphatic hydroxyl groups is 1. The fourth-order valence-corrected chi connectivity index (χ4v) is 2.41. The van der Waals surface area contributed by atoms with Gasteiger partial charge in [0, 0.05) is 32.5 Å². The maximum absolute atomic E-state index is 11.0. The molecule has 0 spiro atoms. The van der Waals surface area contributed by atoms with Crippen LogP contribution >= 0.6 is 0 Å². The van der Waals surface area contributed by atoms with E-state index in [1.807, 2.05) is 0 Å². The van der Waals surface area contributed by atoms with Gasteiger partial charge < -0.3 is 20.0 Å². The summed E-state index contributed by atoms with van der Waals surface area (Å²) in [6.07, 6.45) is 1.26. The van der Waals surface area contributed by atoms with Gasteiger partial charge in [-0.1, -0.05) is 0 Å². The third-order valence-electron chi connectivity index (χ3n) is 3.54. The Morgan fingerprint density at radius 3 is 2.80 bits per heavy atom. The lowest BCUT2D eigenvalue weighted by Crippen LogP contribution is -2.41. The van der Waals surface area contributed by atoms with Crippen LogP contribution in [0.5, 0.6) is 0 Å². The van der Waals surface area contributed by atoms with Gasteiger partial charge in [-0.05, 0) is 4.92 Å². The number of ether oxygens (including phenoxy) is 1. The van der Waals surface area contributed by atoms with Gasteiger partial charge in [0.1, 0.15) is 6.20 Å². The molecule has 20 heavy (non-hydrogen) atoms. The third-order valence-corrected chi connectivity index (χ3v) is 3.54. The predicted molar refractivity (Wildman–Crippen MR) is 71.5 cm³/mol. The summed E-state index contributed by atoms with van der Waals surface area (Å²) >= 11 is 0. The summed E-state index contributed by atoms with van der Waals surface area (Å²) in [5.74, 6) is 0.514. The highest BCUT2D eigenvalue weighted by Gasteiger charge is 2.23. The predicted octanol–water partition coefficient (Wildman–Crippen LogP) is 0.0404. The number of rotatable bonds is 6. The van der Waals surface area contributed by atoms with Gasteiger partial charge in [0.25, 0.3) is 0 Å². The average Bonchev–Trinajstić information content (AvgIpc) is 2.81. The molecule has 0 aromatic carbocycles. The van der Waals surface area contributed by atoms with E-state index in [4.69, 9.17) is 4.74 Å². The van der Waals surface area contributed by atoms with E-state index >= 15 is 0 Å². The number of imidazole rings is 1. The van der Waals surface area contributed by atoms with E-state index in [1.54, 1.807) is 11.5 Å². The summed E-state index contributed by atoms with van der Waals surface area (Å²) in [6.45, 7) is 5.89.